The number of halogens is 3. The van der Waals surface area contributed by atoms with E-state index in [2.05, 4.69) is 4.40 Å². The third-order valence-corrected chi connectivity index (χ3v) is 5.53. The van der Waals surface area contributed by atoms with Crippen LogP contribution in [0.25, 0.3) is 10.9 Å². The summed E-state index contributed by atoms with van der Waals surface area (Å²) >= 11 is 0. The molecule has 1 aromatic carbocycles. The highest BCUT2D eigenvalue weighted by Gasteiger charge is 2.41. The van der Waals surface area contributed by atoms with Gasteiger partial charge in [0.25, 0.3) is 0 Å². The highest BCUT2D eigenvalue weighted by molar-refractivity contribution is 7.85. The first-order valence-electron chi connectivity index (χ1n) is 9.47. The summed E-state index contributed by atoms with van der Waals surface area (Å²) in [5.41, 5.74) is -1.77. The smallest absolute Gasteiger partial charge is 0.434 e. The van der Waals surface area contributed by atoms with E-state index < -0.39 is 39.3 Å². The van der Waals surface area contributed by atoms with Crippen LogP contribution in [0.5, 0.6) is 5.75 Å². The Balaban J connectivity index is 2.88. The predicted molar refractivity (Wildman–Crippen MR) is 115 cm³/mol. The molecule has 0 aliphatic rings. The molecule has 2 rings (SSSR count). The molecule has 2 aromatic rings. The summed E-state index contributed by atoms with van der Waals surface area (Å²) in [4.78, 5) is 12.6. The van der Waals surface area contributed by atoms with E-state index in [1.807, 2.05) is 0 Å². The molecule has 0 amide bonds. The van der Waals surface area contributed by atoms with Crippen molar-refractivity contribution in [2.45, 2.75) is 65.0 Å². The van der Waals surface area contributed by atoms with Crippen LogP contribution in [0.1, 0.15) is 52.7 Å². The molecule has 10 heteroatoms. The van der Waals surface area contributed by atoms with Gasteiger partial charge in [0.05, 0.1) is 22.9 Å². The molecule has 1 atom stereocenters. The van der Waals surface area contributed by atoms with Gasteiger partial charge >= 0.3 is 12.3 Å². The van der Waals surface area contributed by atoms with Crippen molar-refractivity contribution in [3.05, 3.63) is 29.5 Å². The average molecular weight is 461 g/mol. The van der Waals surface area contributed by atoms with Crippen molar-refractivity contribution < 1.29 is 31.6 Å². The summed E-state index contributed by atoms with van der Waals surface area (Å²) in [5, 5.41) is 0.0877. The molecular weight excluding hydrogens is 433 g/mol. The molecule has 1 heterocycles. The van der Waals surface area contributed by atoms with E-state index in [9.17, 15) is 22.2 Å². The second-order valence-corrected chi connectivity index (χ2v) is 10.9. The minimum atomic E-state index is -4.91. The lowest BCUT2D eigenvalue weighted by Gasteiger charge is -2.21. The number of hydrogen-bond donors (Lipinski definition) is 0. The number of carbonyl (C=O) groups is 1. The van der Waals surface area contributed by atoms with Gasteiger partial charge in [-0.3, -0.25) is 4.57 Å². The molecule has 172 valence electrons. The lowest BCUT2D eigenvalue weighted by molar-refractivity contribution is -0.0578. The Hall–Kier alpha value is -2.36. The van der Waals surface area contributed by atoms with Gasteiger partial charge in [0, 0.05) is 11.6 Å². The molecule has 0 radical (unpaired) electrons. The topological polar surface area (TPSA) is 69.9 Å². The van der Waals surface area contributed by atoms with Gasteiger partial charge < -0.3 is 9.47 Å². The maximum Gasteiger partial charge on any atom is 0.434 e. The molecule has 6 nitrogen and oxygen atoms in total. The second kappa shape index (κ2) is 8.29. The third-order valence-electron chi connectivity index (χ3n) is 4.14. The summed E-state index contributed by atoms with van der Waals surface area (Å²) < 4.78 is 69.0. The van der Waals surface area contributed by atoms with E-state index in [0.29, 0.717) is 5.56 Å². The van der Waals surface area contributed by atoms with Gasteiger partial charge in [0.2, 0.25) is 0 Å². The van der Waals surface area contributed by atoms with Crippen molar-refractivity contribution in [2.75, 3.05) is 7.11 Å². The highest BCUT2D eigenvalue weighted by atomic mass is 32.2. The van der Waals surface area contributed by atoms with Crippen molar-refractivity contribution in [3.63, 3.8) is 0 Å². The van der Waals surface area contributed by atoms with Crippen molar-refractivity contribution in [1.82, 2.24) is 4.57 Å². The summed E-state index contributed by atoms with van der Waals surface area (Å²) in [6.07, 6.45) is -4.31. The van der Waals surface area contributed by atoms with E-state index in [0.717, 1.165) is 4.57 Å². The van der Waals surface area contributed by atoms with Crippen LogP contribution in [0.15, 0.2) is 22.7 Å². The lowest BCUT2D eigenvalue weighted by atomic mass is 10.0. The van der Waals surface area contributed by atoms with E-state index in [1.165, 1.54) is 46.2 Å². The molecule has 0 bridgehead atoms. The van der Waals surface area contributed by atoms with Crippen molar-refractivity contribution in [1.29, 1.82) is 0 Å². The molecule has 0 saturated carbocycles. The Morgan fingerprint density at radius 1 is 1.13 bits per heavy atom. The SMILES string of the molecule is COc1cc(C)c2c(ccn2C(=O)OC(C)(C)C)c1/C(=N/S(=O)C(C)(C)C)C(F)(F)F. The van der Waals surface area contributed by atoms with Crippen LogP contribution in [0.2, 0.25) is 0 Å². The fourth-order valence-electron chi connectivity index (χ4n) is 2.83. The number of methoxy groups -OCH3 is 1. The Bertz CT molecular complexity index is 1060. The van der Waals surface area contributed by atoms with Crippen molar-refractivity contribution in [3.8, 4) is 5.75 Å². The zero-order valence-corrected chi connectivity index (χ0v) is 19.6. The average Bonchev–Trinajstić information content (AvgIpc) is 3.02. The number of ether oxygens (including phenoxy) is 2. The van der Waals surface area contributed by atoms with Crippen LogP contribution in [0, 0.1) is 6.92 Å². The molecule has 0 fully saturated rings. The lowest BCUT2D eigenvalue weighted by Crippen LogP contribution is -2.29. The van der Waals surface area contributed by atoms with Crippen molar-refractivity contribution in [2.24, 2.45) is 4.40 Å². The summed E-state index contributed by atoms with van der Waals surface area (Å²) in [7, 11) is -0.935. The van der Waals surface area contributed by atoms with Crippen LogP contribution in [0.4, 0.5) is 18.0 Å². The van der Waals surface area contributed by atoms with Crippen LogP contribution in [0.3, 0.4) is 0 Å². The van der Waals surface area contributed by atoms with Crippen LogP contribution < -0.4 is 4.74 Å². The highest BCUT2D eigenvalue weighted by Crippen LogP contribution is 2.37. The quantitative estimate of drug-likeness (QED) is 0.563. The number of alkyl halides is 3. The Labute approximate surface area is 182 Å². The van der Waals surface area contributed by atoms with E-state index in [-0.39, 0.29) is 22.2 Å². The number of rotatable bonds is 3. The number of benzene rings is 1. The molecule has 1 unspecified atom stereocenters. The fraction of sp³-hybridized carbons (Fsp3) is 0.524. The monoisotopic (exact) mass is 460 g/mol. The van der Waals surface area contributed by atoms with Crippen LogP contribution in [-0.2, 0) is 15.7 Å². The van der Waals surface area contributed by atoms with E-state index in [1.54, 1.807) is 27.7 Å². The number of aromatic nitrogens is 1. The van der Waals surface area contributed by atoms with Crippen LogP contribution >= 0.6 is 0 Å². The molecule has 1 aromatic heterocycles. The zero-order chi connectivity index (χ0) is 23.9. The number of hydrogen-bond acceptors (Lipinski definition) is 4. The first-order chi connectivity index (χ1) is 14.0. The number of fused-ring (bicyclic) bond motifs is 1. The molecule has 0 aliphatic heterocycles. The van der Waals surface area contributed by atoms with Gasteiger partial charge in [-0.15, -0.1) is 0 Å². The maximum atomic E-state index is 14.1. The van der Waals surface area contributed by atoms with Crippen LogP contribution in [-0.4, -0.2) is 44.2 Å². The van der Waals surface area contributed by atoms with Gasteiger partial charge in [-0.1, -0.05) is 0 Å². The normalized spacial score (nSPS) is 14.6. The van der Waals surface area contributed by atoms with Gasteiger partial charge in [-0.2, -0.15) is 17.6 Å². The van der Waals surface area contributed by atoms with Gasteiger partial charge in [0.1, 0.15) is 22.3 Å². The van der Waals surface area contributed by atoms with Gasteiger partial charge in [-0.05, 0) is 66.2 Å². The third kappa shape index (κ3) is 5.47. The van der Waals surface area contributed by atoms with Gasteiger partial charge in [-0.25, -0.2) is 9.00 Å². The first-order valence-corrected chi connectivity index (χ1v) is 10.6. The Kier molecular flexibility index (Phi) is 6.66. The number of aryl methyl sites for hydroxylation is 1. The molecule has 31 heavy (non-hydrogen) atoms. The predicted octanol–water partition coefficient (Wildman–Crippen LogP) is 5.56. The standard InChI is InChI=1S/C21H27F3N2O4S/c1-12-11-14(29-8)15(17(21(22,23)24)25-31(28)20(5,6)7)13-9-10-26(16(12)13)18(27)30-19(2,3)4/h9-11H,1-8H3/b25-17-. The zero-order valence-electron chi connectivity index (χ0n) is 18.8. The molecule has 0 N–H and O–H groups in total. The fourth-order valence-corrected chi connectivity index (χ4v) is 3.47. The minimum Gasteiger partial charge on any atom is -0.496 e. The summed E-state index contributed by atoms with van der Waals surface area (Å²) in [6, 6.07) is 2.76. The minimum absolute atomic E-state index is 0.0877. The molecule has 0 saturated heterocycles. The van der Waals surface area contributed by atoms with E-state index >= 15 is 0 Å². The van der Waals surface area contributed by atoms with Gasteiger partial charge in [0.15, 0.2) is 5.71 Å². The first kappa shape index (κ1) is 24.9. The Morgan fingerprint density at radius 2 is 1.71 bits per heavy atom. The molecule has 0 aliphatic carbocycles. The largest absolute Gasteiger partial charge is 0.496 e. The maximum absolute atomic E-state index is 14.1. The Morgan fingerprint density at radius 3 is 2.16 bits per heavy atom. The number of nitrogens with zero attached hydrogens (tertiary/aromatic N) is 2. The van der Waals surface area contributed by atoms with Crippen molar-refractivity contribution >= 4 is 33.7 Å². The van der Waals surface area contributed by atoms with E-state index in [4.69, 9.17) is 9.47 Å². The molecule has 0 spiro atoms. The summed E-state index contributed by atoms with van der Waals surface area (Å²) in [5.74, 6) is -0.0890. The molecular formula is C21H27F3N2O4S. The number of carbonyl (C=O) groups excluding carboxylic acids is 1. The summed E-state index contributed by atoms with van der Waals surface area (Å²) in [6.45, 7) is 11.3. The second-order valence-electron chi connectivity index (χ2n) is 9.00.